The first-order valence-corrected chi connectivity index (χ1v) is 14.6. The number of amides is 4. The van der Waals surface area contributed by atoms with E-state index in [0.29, 0.717) is 57.4 Å². The Morgan fingerprint density at radius 2 is 1.16 bits per heavy atom. The quantitative estimate of drug-likeness (QED) is 0.278. The van der Waals surface area contributed by atoms with Crippen molar-refractivity contribution in [3.05, 3.63) is 59.7 Å². The largest absolute Gasteiger partial charge is 0.508 e. The molecule has 13 heteroatoms. The summed E-state index contributed by atoms with van der Waals surface area (Å²) in [5.41, 5.74) is 1.42. The zero-order valence-corrected chi connectivity index (χ0v) is 23.3. The van der Waals surface area contributed by atoms with Crippen molar-refractivity contribution in [3.8, 4) is 11.5 Å². The van der Waals surface area contributed by atoms with Crippen molar-refractivity contribution in [1.29, 1.82) is 0 Å². The van der Waals surface area contributed by atoms with Gasteiger partial charge in [-0.2, -0.15) is 0 Å². The molecule has 7 atom stereocenters. The third-order valence-corrected chi connectivity index (χ3v) is 8.54. The van der Waals surface area contributed by atoms with E-state index in [-0.39, 0.29) is 54.6 Å². The van der Waals surface area contributed by atoms with Gasteiger partial charge in [-0.3, -0.25) is 19.4 Å². The summed E-state index contributed by atoms with van der Waals surface area (Å²) in [6.45, 7) is 3.77. The number of benzene rings is 2. The fourth-order valence-electron chi connectivity index (χ4n) is 5.95. The summed E-state index contributed by atoms with van der Waals surface area (Å²) in [5, 5.41) is 9.84. The molecule has 0 aliphatic carbocycles. The molecule has 6 fully saturated rings. The van der Waals surface area contributed by atoms with Crippen molar-refractivity contribution in [2.45, 2.75) is 42.9 Å². The van der Waals surface area contributed by atoms with E-state index in [1.165, 1.54) is 4.90 Å². The van der Waals surface area contributed by atoms with Crippen LogP contribution in [0.15, 0.2) is 48.5 Å². The van der Waals surface area contributed by atoms with E-state index in [2.05, 4.69) is 0 Å². The smallest absolute Gasteiger partial charge is 0.327 e. The number of urea groups is 1. The Morgan fingerprint density at radius 3 is 1.77 bits per heavy atom. The number of imide groups is 1. The summed E-state index contributed by atoms with van der Waals surface area (Å²) in [6, 6.07) is 12.0. The fraction of sp³-hybridized carbons (Fsp3) is 0.500. The maximum atomic E-state index is 13.8. The molecule has 2 aromatic carbocycles. The van der Waals surface area contributed by atoms with Crippen LogP contribution in [0.3, 0.4) is 0 Å². The van der Waals surface area contributed by atoms with Gasteiger partial charge in [-0.25, -0.2) is 9.69 Å². The van der Waals surface area contributed by atoms with Crippen LogP contribution in [0.4, 0.5) is 4.79 Å². The SMILES string of the molecule is O=C1C(c2ccc(OC3N(CC4CO4)C(=O)C(c4ccc(O)cc4)N3CC3CO3)cc2)N(CC2CO2)C(=O)N1CC1CO1. The van der Waals surface area contributed by atoms with Gasteiger partial charge in [-0.05, 0) is 35.4 Å². The minimum Gasteiger partial charge on any atom is -0.508 e. The Balaban J connectivity index is 1.06. The van der Waals surface area contributed by atoms with Crippen LogP contribution in [-0.2, 0) is 28.5 Å². The van der Waals surface area contributed by atoms with Crippen LogP contribution in [0.1, 0.15) is 23.2 Å². The van der Waals surface area contributed by atoms with Gasteiger partial charge in [0.05, 0.1) is 70.5 Å². The number of phenols is 1. The summed E-state index contributed by atoms with van der Waals surface area (Å²) in [7, 11) is 0. The second-order valence-corrected chi connectivity index (χ2v) is 11.8. The molecule has 0 spiro atoms. The highest BCUT2D eigenvalue weighted by atomic mass is 16.6. The van der Waals surface area contributed by atoms with Gasteiger partial charge in [0.25, 0.3) is 5.91 Å². The average Bonchev–Trinajstić information content (AvgIpc) is 3.82. The molecule has 1 N–H and O–H groups in total. The Bertz CT molecular complexity index is 1410. The van der Waals surface area contributed by atoms with E-state index in [1.54, 1.807) is 58.3 Å². The minimum absolute atomic E-state index is 0.00523. The Hall–Kier alpha value is -3.75. The monoisotopic (exact) mass is 592 g/mol. The molecule has 6 aliphatic rings. The molecule has 7 unspecified atom stereocenters. The first kappa shape index (κ1) is 26.8. The average molecular weight is 593 g/mol. The lowest BCUT2D eigenvalue weighted by molar-refractivity contribution is -0.134. The number of ether oxygens (including phenoxy) is 5. The lowest BCUT2D eigenvalue weighted by atomic mass is 10.1. The highest BCUT2D eigenvalue weighted by molar-refractivity contribution is 6.04. The summed E-state index contributed by atoms with van der Waals surface area (Å²) < 4.78 is 28.1. The highest BCUT2D eigenvalue weighted by Gasteiger charge is 2.52. The van der Waals surface area contributed by atoms with Crippen LogP contribution in [0, 0.1) is 0 Å². The van der Waals surface area contributed by atoms with Crippen LogP contribution in [0.25, 0.3) is 0 Å². The first-order chi connectivity index (χ1) is 20.9. The molecule has 0 aromatic heterocycles. The number of phenolic OH excluding ortho intramolecular Hbond substituents is 1. The van der Waals surface area contributed by atoms with E-state index in [1.807, 2.05) is 4.90 Å². The second kappa shape index (κ2) is 10.5. The number of carbonyl (C=O) groups excluding carboxylic acids is 3. The third-order valence-electron chi connectivity index (χ3n) is 8.54. The normalized spacial score (nSPS) is 33.0. The zero-order chi connectivity index (χ0) is 29.2. The van der Waals surface area contributed by atoms with Crippen LogP contribution < -0.4 is 4.74 Å². The molecule has 6 aliphatic heterocycles. The summed E-state index contributed by atoms with van der Waals surface area (Å²) >= 11 is 0. The predicted octanol–water partition coefficient (Wildman–Crippen LogP) is 0.841. The maximum absolute atomic E-state index is 13.8. The van der Waals surface area contributed by atoms with Gasteiger partial charge in [0.2, 0.25) is 12.3 Å². The molecule has 0 saturated carbocycles. The molecule has 43 heavy (non-hydrogen) atoms. The van der Waals surface area contributed by atoms with Crippen molar-refractivity contribution in [3.63, 3.8) is 0 Å². The van der Waals surface area contributed by atoms with Crippen LogP contribution >= 0.6 is 0 Å². The van der Waals surface area contributed by atoms with Gasteiger partial charge >= 0.3 is 6.03 Å². The molecule has 226 valence electrons. The standard InChI is InChI=1S/C30H32N4O9/c35-19-5-1-17(2-6-19)26-28(37)34(12-24-16-42-24)30(32(26)10-22-14-40-22)43-20-7-3-18(4-8-20)25-27(36)33(11-23-15-41-23)29(38)31(25)9-21-13-39-21/h1-8,21-26,30,35H,9-16H2. The molecule has 6 heterocycles. The van der Waals surface area contributed by atoms with Gasteiger partial charge < -0.3 is 33.7 Å². The van der Waals surface area contributed by atoms with Crippen molar-refractivity contribution in [2.24, 2.45) is 0 Å². The van der Waals surface area contributed by atoms with Crippen LogP contribution in [-0.4, -0.2) is 126 Å². The molecule has 13 nitrogen and oxygen atoms in total. The second-order valence-electron chi connectivity index (χ2n) is 11.8. The van der Waals surface area contributed by atoms with E-state index >= 15 is 0 Å². The molecule has 8 rings (SSSR count). The molecule has 0 bridgehead atoms. The molecule has 4 amide bonds. The Labute approximate surface area is 247 Å². The van der Waals surface area contributed by atoms with Gasteiger partial charge in [0.15, 0.2) is 0 Å². The molecular formula is C30H32N4O9. The van der Waals surface area contributed by atoms with E-state index in [9.17, 15) is 19.5 Å². The summed E-state index contributed by atoms with van der Waals surface area (Å²) in [6.07, 6.45) is -0.948. The van der Waals surface area contributed by atoms with Crippen LogP contribution in [0.2, 0.25) is 0 Å². The lowest BCUT2D eigenvalue weighted by Crippen LogP contribution is -2.46. The maximum Gasteiger partial charge on any atom is 0.327 e. The first-order valence-electron chi connectivity index (χ1n) is 14.6. The Morgan fingerprint density at radius 1 is 0.651 bits per heavy atom. The summed E-state index contributed by atoms with van der Waals surface area (Å²) in [4.78, 5) is 47.0. The number of aromatic hydroxyl groups is 1. The van der Waals surface area contributed by atoms with E-state index in [4.69, 9.17) is 23.7 Å². The van der Waals surface area contributed by atoms with E-state index < -0.39 is 18.4 Å². The molecule has 6 saturated heterocycles. The summed E-state index contributed by atoms with van der Waals surface area (Å²) in [5.74, 6) is 0.237. The number of hydrogen-bond acceptors (Lipinski definition) is 10. The predicted molar refractivity (Wildman–Crippen MR) is 146 cm³/mol. The number of epoxide rings is 4. The van der Waals surface area contributed by atoms with Gasteiger partial charge in [0, 0.05) is 6.54 Å². The number of hydrogen-bond donors (Lipinski definition) is 1. The van der Waals surface area contributed by atoms with E-state index in [0.717, 1.165) is 5.56 Å². The molecule has 2 aromatic rings. The molecule has 0 radical (unpaired) electrons. The van der Waals surface area contributed by atoms with Gasteiger partial charge in [-0.15, -0.1) is 0 Å². The van der Waals surface area contributed by atoms with Crippen molar-refractivity contribution >= 4 is 17.8 Å². The fourth-order valence-corrected chi connectivity index (χ4v) is 5.95. The topological polar surface area (TPSA) is 144 Å². The van der Waals surface area contributed by atoms with Crippen molar-refractivity contribution < 1.29 is 43.2 Å². The minimum atomic E-state index is -0.761. The van der Waals surface area contributed by atoms with Gasteiger partial charge in [-0.1, -0.05) is 24.3 Å². The van der Waals surface area contributed by atoms with Crippen molar-refractivity contribution in [1.82, 2.24) is 19.6 Å². The number of rotatable bonds is 12. The lowest BCUT2D eigenvalue weighted by Gasteiger charge is -2.31. The van der Waals surface area contributed by atoms with Gasteiger partial charge in [0.1, 0.15) is 23.6 Å². The van der Waals surface area contributed by atoms with Crippen molar-refractivity contribution in [2.75, 3.05) is 52.6 Å². The number of carbonyl (C=O) groups is 3. The number of nitrogens with zero attached hydrogens (tertiary/aromatic N) is 4. The third kappa shape index (κ3) is 5.43. The molecular weight excluding hydrogens is 560 g/mol. The zero-order valence-electron chi connectivity index (χ0n) is 23.3. The highest BCUT2D eigenvalue weighted by Crippen LogP contribution is 2.39. The van der Waals surface area contributed by atoms with Crippen LogP contribution in [0.5, 0.6) is 11.5 Å². The Kier molecular flexibility index (Phi) is 6.53.